The Morgan fingerprint density at radius 1 is 1.53 bits per heavy atom. The maximum absolute atomic E-state index is 11.8. The van der Waals surface area contributed by atoms with Gasteiger partial charge in [0.15, 0.2) is 5.52 Å². The van der Waals surface area contributed by atoms with E-state index >= 15 is 0 Å². The smallest absolute Gasteiger partial charge is 0.278 e. The lowest BCUT2D eigenvalue weighted by molar-refractivity contribution is 0.608. The molecule has 3 N–H and O–H groups in total. The molecule has 2 heterocycles. The number of aromatic amines is 1. The molecule has 0 amide bonds. The highest BCUT2D eigenvalue weighted by Gasteiger charge is 2.17. The Bertz CT molecular complexity index is 598. The second kappa shape index (κ2) is 4.20. The quantitative estimate of drug-likeness (QED) is 0.836. The zero-order chi connectivity index (χ0) is 12.6. The summed E-state index contributed by atoms with van der Waals surface area (Å²) in [6, 6.07) is 0. The van der Waals surface area contributed by atoms with Crippen molar-refractivity contribution in [1.82, 2.24) is 19.6 Å². The monoisotopic (exact) mass is 235 g/mol. The molecule has 0 radical (unpaired) electrons. The van der Waals surface area contributed by atoms with Gasteiger partial charge in [0.1, 0.15) is 5.82 Å². The van der Waals surface area contributed by atoms with E-state index in [1.165, 1.54) is 0 Å². The molecule has 0 spiro atoms. The van der Waals surface area contributed by atoms with Gasteiger partial charge < -0.3 is 5.73 Å². The van der Waals surface area contributed by atoms with Gasteiger partial charge in [0, 0.05) is 5.92 Å². The molecule has 2 aromatic rings. The fourth-order valence-corrected chi connectivity index (χ4v) is 2.09. The van der Waals surface area contributed by atoms with Gasteiger partial charge in [-0.05, 0) is 13.3 Å². The third kappa shape index (κ3) is 1.90. The third-order valence-corrected chi connectivity index (χ3v) is 2.88. The second-order valence-corrected chi connectivity index (χ2v) is 4.34. The molecule has 2 rings (SSSR count). The predicted molar refractivity (Wildman–Crippen MR) is 66.1 cm³/mol. The number of nitrogen functional groups attached to an aromatic ring is 1. The van der Waals surface area contributed by atoms with Gasteiger partial charge in [-0.25, -0.2) is 9.50 Å². The number of anilines is 1. The fourth-order valence-electron chi connectivity index (χ4n) is 2.09. The van der Waals surface area contributed by atoms with Gasteiger partial charge >= 0.3 is 0 Å². The van der Waals surface area contributed by atoms with E-state index in [2.05, 4.69) is 28.9 Å². The first kappa shape index (κ1) is 11.6. The molecule has 1 atom stereocenters. The SMILES string of the molecule is CCCC(C)c1nc(C)c2c(=O)[nH]c(N)nn12. The summed E-state index contributed by atoms with van der Waals surface area (Å²) in [5.41, 5.74) is 6.50. The summed E-state index contributed by atoms with van der Waals surface area (Å²) in [6.07, 6.45) is 2.07. The van der Waals surface area contributed by atoms with Crippen LogP contribution in [0, 0.1) is 6.92 Å². The Hall–Kier alpha value is -1.85. The van der Waals surface area contributed by atoms with Crippen molar-refractivity contribution in [2.45, 2.75) is 39.5 Å². The van der Waals surface area contributed by atoms with Gasteiger partial charge in [0.25, 0.3) is 5.56 Å². The number of fused-ring (bicyclic) bond motifs is 1. The number of nitrogens with two attached hydrogens (primary N) is 1. The van der Waals surface area contributed by atoms with Crippen LogP contribution in [0.1, 0.15) is 44.1 Å². The van der Waals surface area contributed by atoms with Gasteiger partial charge in [-0.1, -0.05) is 20.3 Å². The summed E-state index contributed by atoms with van der Waals surface area (Å²) in [5, 5.41) is 4.14. The van der Waals surface area contributed by atoms with Crippen LogP contribution in [0.2, 0.25) is 0 Å². The number of rotatable bonds is 3. The van der Waals surface area contributed by atoms with E-state index in [1.807, 2.05) is 6.92 Å². The molecule has 92 valence electrons. The van der Waals surface area contributed by atoms with E-state index in [4.69, 9.17) is 5.73 Å². The zero-order valence-electron chi connectivity index (χ0n) is 10.3. The molecule has 17 heavy (non-hydrogen) atoms. The molecule has 0 aromatic carbocycles. The predicted octanol–water partition coefficient (Wildman–Crippen LogP) is 1.21. The van der Waals surface area contributed by atoms with Crippen molar-refractivity contribution in [3.63, 3.8) is 0 Å². The Morgan fingerprint density at radius 2 is 2.24 bits per heavy atom. The van der Waals surface area contributed by atoms with Gasteiger partial charge in [-0.2, -0.15) is 0 Å². The molecule has 0 aliphatic heterocycles. The minimum absolute atomic E-state index is 0.116. The second-order valence-electron chi connectivity index (χ2n) is 4.34. The average molecular weight is 235 g/mol. The van der Waals surface area contributed by atoms with E-state index < -0.39 is 0 Å². The minimum Gasteiger partial charge on any atom is -0.368 e. The van der Waals surface area contributed by atoms with Gasteiger partial charge in [0.05, 0.1) is 5.69 Å². The summed E-state index contributed by atoms with van der Waals surface area (Å²) >= 11 is 0. The van der Waals surface area contributed by atoms with Crippen molar-refractivity contribution in [2.24, 2.45) is 0 Å². The van der Waals surface area contributed by atoms with Crippen LogP contribution >= 0.6 is 0 Å². The molecule has 0 bridgehead atoms. The molecule has 6 nitrogen and oxygen atoms in total. The van der Waals surface area contributed by atoms with Crippen LogP contribution in [0.3, 0.4) is 0 Å². The molecule has 1 unspecified atom stereocenters. The number of imidazole rings is 1. The van der Waals surface area contributed by atoms with Crippen molar-refractivity contribution < 1.29 is 0 Å². The molecule has 0 fully saturated rings. The van der Waals surface area contributed by atoms with Crippen LogP contribution in [-0.4, -0.2) is 19.6 Å². The number of hydrogen-bond donors (Lipinski definition) is 2. The Balaban J connectivity index is 2.70. The van der Waals surface area contributed by atoms with Gasteiger partial charge in [0.2, 0.25) is 5.95 Å². The van der Waals surface area contributed by atoms with E-state index in [0.717, 1.165) is 18.7 Å². The standard InChI is InChI=1S/C11H17N5O/c1-4-5-6(2)9-13-7(3)8-10(17)14-11(12)15-16(8)9/h6H,4-5H2,1-3H3,(H3,12,14,15,17). The zero-order valence-corrected chi connectivity index (χ0v) is 10.3. The molecule has 0 aliphatic carbocycles. The summed E-state index contributed by atoms with van der Waals surface area (Å²) < 4.78 is 1.57. The molecule has 6 heteroatoms. The van der Waals surface area contributed by atoms with Crippen LogP contribution < -0.4 is 11.3 Å². The van der Waals surface area contributed by atoms with E-state index in [0.29, 0.717) is 11.2 Å². The number of aryl methyl sites for hydroxylation is 1. The number of aromatic nitrogens is 4. The van der Waals surface area contributed by atoms with Gasteiger partial charge in [-0.15, -0.1) is 5.10 Å². The Morgan fingerprint density at radius 3 is 2.88 bits per heavy atom. The van der Waals surface area contributed by atoms with Crippen molar-refractivity contribution >= 4 is 11.5 Å². The Labute approximate surface area is 98.9 Å². The first-order valence-electron chi connectivity index (χ1n) is 5.79. The lowest BCUT2D eigenvalue weighted by Crippen LogP contribution is -2.17. The van der Waals surface area contributed by atoms with Crippen LogP contribution in [0.5, 0.6) is 0 Å². The third-order valence-electron chi connectivity index (χ3n) is 2.88. The number of nitrogens with zero attached hydrogens (tertiary/aromatic N) is 3. The summed E-state index contributed by atoms with van der Waals surface area (Å²) in [7, 11) is 0. The number of nitrogens with one attached hydrogen (secondary N) is 1. The maximum atomic E-state index is 11.8. The first-order valence-corrected chi connectivity index (χ1v) is 5.79. The van der Waals surface area contributed by atoms with Crippen molar-refractivity contribution in [3.8, 4) is 0 Å². The van der Waals surface area contributed by atoms with E-state index in [1.54, 1.807) is 4.52 Å². The van der Waals surface area contributed by atoms with Crippen LogP contribution in [0.25, 0.3) is 5.52 Å². The lowest BCUT2D eigenvalue weighted by atomic mass is 10.1. The van der Waals surface area contributed by atoms with Crippen LogP contribution in [-0.2, 0) is 0 Å². The summed E-state index contributed by atoms with van der Waals surface area (Å²) in [4.78, 5) is 18.7. The highest BCUT2D eigenvalue weighted by Crippen LogP contribution is 2.20. The highest BCUT2D eigenvalue weighted by atomic mass is 16.1. The van der Waals surface area contributed by atoms with Crippen molar-refractivity contribution in [1.29, 1.82) is 0 Å². The normalized spacial score (nSPS) is 13.1. The maximum Gasteiger partial charge on any atom is 0.278 e. The highest BCUT2D eigenvalue weighted by molar-refractivity contribution is 5.50. The molecular formula is C11H17N5O. The topological polar surface area (TPSA) is 89.1 Å². The molecule has 2 aromatic heterocycles. The fraction of sp³-hybridized carbons (Fsp3) is 0.545. The van der Waals surface area contributed by atoms with Crippen LogP contribution in [0.15, 0.2) is 4.79 Å². The lowest BCUT2D eigenvalue weighted by Gasteiger charge is -2.07. The van der Waals surface area contributed by atoms with E-state index in [-0.39, 0.29) is 17.4 Å². The molecule has 0 saturated heterocycles. The van der Waals surface area contributed by atoms with Crippen molar-refractivity contribution in [2.75, 3.05) is 5.73 Å². The summed E-state index contributed by atoms with van der Waals surface area (Å²) in [6.45, 7) is 6.01. The number of H-pyrrole nitrogens is 1. The largest absolute Gasteiger partial charge is 0.368 e. The van der Waals surface area contributed by atoms with Crippen LogP contribution in [0.4, 0.5) is 5.95 Å². The van der Waals surface area contributed by atoms with E-state index in [9.17, 15) is 4.79 Å². The van der Waals surface area contributed by atoms with Gasteiger partial charge in [-0.3, -0.25) is 9.78 Å². The Kier molecular flexibility index (Phi) is 2.87. The minimum atomic E-state index is -0.238. The summed E-state index contributed by atoms with van der Waals surface area (Å²) in [5.74, 6) is 1.18. The number of hydrogen-bond acceptors (Lipinski definition) is 4. The van der Waals surface area contributed by atoms with Crippen molar-refractivity contribution in [3.05, 3.63) is 21.9 Å². The molecule has 0 aliphatic rings. The average Bonchev–Trinajstić information content (AvgIpc) is 2.56. The molecule has 0 saturated carbocycles. The molecular weight excluding hydrogens is 218 g/mol. The first-order chi connectivity index (χ1) is 8.04.